The molecule has 4 nitrogen and oxygen atoms in total. The van der Waals surface area contributed by atoms with E-state index in [0.29, 0.717) is 0 Å². The second-order valence-corrected chi connectivity index (χ2v) is 2.20. The Hall–Kier alpha value is -1.36. The summed E-state index contributed by atoms with van der Waals surface area (Å²) >= 11 is 5.15. The van der Waals surface area contributed by atoms with Crippen LogP contribution in [0.1, 0.15) is 0 Å². The number of nitro benzene ring substituents is 1. The zero-order valence-corrected chi connectivity index (χ0v) is 6.51. The van der Waals surface area contributed by atoms with Gasteiger partial charge in [-0.05, 0) is 12.1 Å². The second-order valence-electron chi connectivity index (χ2n) is 2.01. The summed E-state index contributed by atoms with van der Waals surface area (Å²) in [4.78, 5) is 11.6. The minimum absolute atomic E-state index is 0.0723. The third-order valence-electron chi connectivity index (χ3n) is 1.26. The molecule has 0 aromatic heterocycles. The molecule has 1 aromatic rings. The van der Waals surface area contributed by atoms with Gasteiger partial charge < -0.3 is 0 Å². The van der Waals surface area contributed by atoms with Crippen molar-refractivity contribution >= 4 is 23.2 Å². The van der Waals surface area contributed by atoms with E-state index in [2.05, 4.69) is 4.84 Å². The topological polar surface area (TPSA) is 55.2 Å². The molecule has 0 spiro atoms. The Kier molecular flexibility index (Phi) is 2.44. The van der Waals surface area contributed by atoms with Gasteiger partial charge in [0, 0.05) is 11.8 Å². The molecule has 0 aliphatic rings. The summed E-state index contributed by atoms with van der Waals surface area (Å²) in [6.45, 7) is 0. The van der Waals surface area contributed by atoms with Crippen molar-refractivity contribution in [2.75, 3.05) is 4.84 Å². The zero-order valence-electron chi connectivity index (χ0n) is 5.75. The predicted molar refractivity (Wildman–Crippen MR) is 42.5 cm³/mol. The molecule has 12 heavy (non-hydrogen) atoms. The van der Waals surface area contributed by atoms with Gasteiger partial charge in [-0.3, -0.25) is 15.0 Å². The molecule has 0 radical (unpaired) electrons. The van der Waals surface area contributed by atoms with Crippen molar-refractivity contribution in [2.24, 2.45) is 0 Å². The molecule has 0 aliphatic heterocycles. The molecule has 0 heterocycles. The van der Waals surface area contributed by atoms with Crippen LogP contribution in [-0.2, 0) is 0 Å². The number of rotatable bonds is 2. The van der Waals surface area contributed by atoms with Crippen molar-refractivity contribution < 1.29 is 9.31 Å². The summed E-state index contributed by atoms with van der Waals surface area (Å²) in [5, 5.41) is 10.3. The lowest BCUT2D eigenvalue weighted by atomic mass is 10.3. The normalized spacial score (nSPS) is 9.50. The third kappa shape index (κ3) is 1.62. The van der Waals surface area contributed by atoms with Gasteiger partial charge in [-0.2, -0.15) is 0 Å². The minimum Gasteiger partial charge on any atom is -0.292 e. The van der Waals surface area contributed by atoms with Crippen LogP contribution in [0.3, 0.4) is 0 Å². The summed E-state index contributed by atoms with van der Waals surface area (Å²) in [6.07, 6.45) is 0. The molecule has 0 fully saturated rings. The van der Waals surface area contributed by atoms with Gasteiger partial charge in [-0.25, -0.2) is 4.39 Å². The molecule has 6 heteroatoms. The summed E-state index contributed by atoms with van der Waals surface area (Å²) < 4.78 is 12.5. The molecule has 0 bridgehead atoms. The number of nitro groups is 1. The first-order valence-electron chi connectivity index (χ1n) is 2.95. The Balaban J connectivity index is 3.21. The van der Waals surface area contributed by atoms with Crippen LogP contribution < -0.4 is 4.84 Å². The Morgan fingerprint density at radius 1 is 1.58 bits per heavy atom. The van der Waals surface area contributed by atoms with E-state index < -0.39 is 10.7 Å². The largest absolute Gasteiger partial charge is 0.296 e. The Labute approximate surface area is 72.2 Å². The number of hydrogen-bond donors (Lipinski definition) is 1. The van der Waals surface area contributed by atoms with Crippen LogP contribution in [0.4, 0.5) is 15.8 Å². The molecule has 0 saturated carbocycles. The number of nitrogens with one attached hydrogen (secondary N) is 1. The van der Waals surface area contributed by atoms with Crippen LogP contribution >= 0.6 is 11.8 Å². The van der Waals surface area contributed by atoms with Crippen LogP contribution in [0.5, 0.6) is 0 Å². The molecule has 64 valence electrons. The van der Waals surface area contributed by atoms with Crippen molar-refractivity contribution in [3.05, 3.63) is 34.1 Å². The van der Waals surface area contributed by atoms with Crippen molar-refractivity contribution in [2.45, 2.75) is 0 Å². The van der Waals surface area contributed by atoms with Crippen LogP contribution in [0.2, 0.25) is 0 Å². The maximum absolute atomic E-state index is 12.5. The molecule has 1 rings (SSSR count). The summed E-state index contributed by atoms with van der Waals surface area (Å²) in [7, 11) is 0. The van der Waals surface area contributed by atoms with Crippen LogP contribution in [0.25, 0.3) is 0 Å². The number of nitrogens with zero attached hydrogens (tertiary/aromatic N) is 1. The molecule has 0 aliphatic carbocycles. The van der Waals surface area contributed by atoms with Crippen molar-refractivity contribution in [3.8, 4) is 0 Å². The highest BCUT2D eigenvalue weighted by Crippen LogP contribution is 2.25. The van der Waals surface area contributed by atoms with Gasteiger partial charge >= 0.3 is 0 Å². The van der Waals surface area contributed by atoms with E-state index in [1.165, 1.54) is 6.07 Å². The lowest BCUT2D eigenvalue weighted by Gasteiger charge is -1.98. The average molecular weight is 191 g/mol. The van der Waals surface area contributed by atoms with Gasteiger partial charge in [0.1, 0.15) is 11.5 Å². The lowest BCUT2D eigenvalue weighted by molar-refractivity contribution is -0.384. The predicted octanol–water partition coefficient (Wildman–Crippen LogP) is 2.30. The second kappa shape index (κ2) is 3.36. The molecule has 1 N–H and O–H groups in total. The first-order valence-corrected chi connectivity index (χ1v) is 3.33. The van der Waals surface area contributed by atoms with Crippen molar-refractivity contribution in [1.29, 1.82) is 0 Å². The summed E-state index contributed by atoms with van der Waals surface area (Å²) in [5.41, 5.74) is -0.312. The van der Waals surface area contributed by atoms with Gasteiger partial charge in [-0.15, -0.1) is 0 Å². The summed E-state index contributed by atoms with van der Waals surface area (Å²) in [5.74, 6) is -0.669. The number of hydrogen-bond acceptors (Lipinski definition) is 3. The molecular weight excluding hydrogens is 187 g/mol. The molecule has 0 saturated heterocycles. The highest BCUT2D eigenvalue weighted by atomic mass is 35.5. The highest BCUT2D eigenvalue weighted by molar-refractivity contribution is 6.24. The first-order chi connectivity index (χ1) is 5.65. The smallest absolute Gasteiger partial charge is 0.292 e. The van der Waals surface area contributed by atoms with Gasteiger partial charge in [0.05, 0.1) is 11.0 Å². The Morgan fingerprint density at radius 3 is 2.75 bits per heavy atom. The molecule has 0 amide bonds. The maximum atomic E-state index is 12.5. The fourth-order valence-electron chi connectivity index (χ4n) is 0.736. The van der Waals surface area contributed by atoms with Gasteiger partial charge in [0.2, 0.25) is 0 Å². The van der Waals surface area contributed by atoms with E-state index in [1.807, 2.05) is 0 Å². The van der Waals surface area contributed by atoms with E-state index in [-0.39, 0.29) is 11.4 Å². The number of anilines is 1. The average Bonchev–Trinajstić information content (AvgIpc) is 2.04. The third-order valence-corrected chi connectivity index (χ3v) is 1.46. The molecule has 0 atom stereocenters. The van der Waals surface area contributed by atoms with E-state index in [9.17, 15) is 14.5 Å². The quantitative estimate of drug-likeness (QED) is 0.442. The highest BCUT2D eigenvalue weighted by Gasteiger charge is 2.13. The maximum Gasteiger partial charge on any atom is 0.296 e. The molecule has 0 unspecified atom stereocenters. The van der Waals surface area contributed by atoms with Crippen LogP contribution in [0.15, 0.2) is 18.2 Å². The van der Waals surface area contributed by atoms with Crippen molar-refractivity contribution in [3.63, 3.8) is 0 Å². The fraction of sp³-hybridized carbons (Fsp3) is 0. The summed E-state index contributed by atoms with van der Waals surface area (Å²) in [6, 6.07) is 3.07. The van der Waals surface area contributed by atoms with Crippen LogP contribution in [-0.4, -0.2) is 4.92 Å². The minimum atomic E-state index is -0.714. The van der Waals surface area contributed by atoms with Gasteiger partial charge in [0.15, 0.2) is 0 Å². The lowest BCUT2D eigenvalue weighted by Crippen LogP contribution is -1.93. The molecular formula is C6H4ClFN2O2. The molecule has 1 aromatic carbocycles. The Bertz CT molecular complexity index is 318. The Morgan fingerprint density at radius 2 is 2.25 bits per heavy atom. The number of benzene rings is 1. The van der Waals surface area contributed by atoms with E-state index in [1.54, 1.807) is 0 Å². The van der Waals surface area contributed by atoms with Crippen LogP contribution in [0, 0.1) is 15.9 Å². The van der Waals surface area contributed by atoms with Gasteiger partial charge in [0.25, 0.3) is 5.69 Å². The van der Waals surface area contributed by atoms with Gasteiger partial charge in [-0.1, -0.05) is 0 Å². The monoisotopic (exact) mass is 190 g/mol. The standard InChI is InChI=1S/C6H4ClFN2O2/c7-9-5-2-1-4(8)3-6(5)10(11)12/h1-3,9H. The number of halogens is 2. The van der Waals surface area contributed by atoms with E-state index in [0.717, 1.165) is 12.1 Å². The SMILES string of the molecule is O=[N+]([O-])c1cc(F)ccc1NCl. The first kappa shape index (κ1) is 8.73. The fourth-order valence-corrected chi connectivity index (χ4v) is 0.896. The van der Waals surface area contributed by atoms with Crippen molar-refractivity contribution in [1.82, 2.24) is 0 Å². The van der Waals surface area contributed by atoms with E-state index >= 15 is 0 Å². The zero-order chi connectivity index (χ0) is 9.14. The van der Waals surface area contributed by atoms with E-state index in [4.69, 9.17) is 11.8 Å².